The van der Waals surface area contributed by atoms with E-state index >= 15 is 0 Å². The van der Waals surface area contributed by atoms with Gasteiger partial charge in [0, 0.05) is 17.4 Å². The Hall–Kier alpha value is -1.95. The number of thioether (sulfide) groups is 1. The molecule has 1 aromatic carbocycles. The van der Waals surface area contributed by atoms with Gasteiger partial charge in [0.25, 0.3) is 0 Å². The van der Waals surface area contributed by atoms with Crippen molar-refractivity contribution in [3.63, 3.8) is 0 Å². The van der Waals surface area contributed by atoms with E-state index in [0.717, 1.165) is 35.6 Å². The van der Waals surface area contributed by atoms with Gasteiger partial charge in [-0.25, -0.2) is 4.98 Å². The number of ether oxygens (including phenoxy) is 1. The number of amides is 1. The largest absolute Gasteiger partial charge is 0.494 e. The molecule has 25 heavy (non-hydrogen) atoms. The van der Waals surface area contributed by atoms with Crippen molar-refractivity contribution in [2.75, 3.05) is 12.4 Å². The van der Waals surface area contributed by atoms with Gasteiger partial charge in [-0.3, -0.25) is 4.79 Å². The number of benzene rings is 1. The molecule has 3 rings (SSSR count). The predicted octanol–water partition coefficient (Wildman–Crippen LogP) is 3.95. The van der Waals surface area contributed by atoms with Crippen LogP contribution in [-0.4, -0.2) is 29.3 Å². The van der Waals surface area contributed by atoms with E-state index in [1.165, 1.54) is 6.42 Å². The first kappa shape index (κ1) is 17.9. The Balaban J connectivity index is 1.53. The number of carbonyl (C=O) groups is 1. The van der Waals surface area contributed by atoms with Gasteiger partial charge in [0.15, 0.2) is 0 Å². The SMILES string of the molecule is CCOc1ccc(-c2nc(CSCC(=O)NC3CCC3)c(C)o2)cc1. The first-order valence-corrected chi connectivity index (χ1v) is 9.88. The van der Waals surface area contributed by atoms with Crippen LogP contribution < -0.4 is 10.1 Å². The minimum absolute atomic E-state index is 0.114. The molecular weight excluding hydrogens is 336 g/mol. The Morgan fingerprint density at radius 2 is 2.12 bits per heavy atom. The lowest BCUT2D eigenvalue weighted by Gasteiger charge is -2.26. The molecule has 0 aliphatic heterocycles. The zero-order chi connectivity index (χ0) is 17.6. The van der Waals surface area contributed by atoms with Gasteiger partial charge in [-0.2, -0.15) is 0 Å². The van der Waals surface area contributed by atoms with E-state index in [4.69, 9.17) is 9.15 Å². The van der Waals surface area contributed by atoms with Crippen molar-refractivity contribution in [2.45, 2.75) is 44.9 Å². The summed E-state index contributed by atoms with van der Waals surface area (Å²) in [5.74, 6) is 3.49. The number of hydrogen-bond donors (Lipinski definition) is 1. The van der Waals surface area contributed by atoms with Gasteiger partial charge >= 0.3 is 0 Å². The number of nitrogens with zero attached hydrogens (tertiary/aromatic N) is 1. The van der Waals surface area contributed by atoms with Crippen LogP contribution in [-0.2, 0) is 10.5 Å². The molecule has 0 unspecified atom stereocenters. The Labute approximate surface area is 152 Å². The van der Waals surface area contributed by atoms with Crippen LogP contribution in [0.5, 0.6) is 5.75 Å². The number of carbonyl (C=O) groups excluding carboxylic acids is 1. The van der Waals surface area contributed by atoms with Crippen LogP contribution in [0.1, 0.15) is 37.6 Å². The second-order valence-electron chi connectivity index (χ2n) is 6.17. The molecule has 0 bridgehead atoms. The highest BCUT2D eigenvalue weighted by Crippen LogP contribution is 2.26. The summed E-state index contributed by atoms with van der Waals surface area (Å²) in [4.78, 5) is 16.4. The molecule has 2 aromatic rings. The highest BCUT2D eigenvalue weighted by Gasteiger charge is 2.19. The Bertz CT molecular complexity index is 708. The summed E-state index contributed by atoms with van der Waals surface area (Å²) >= 11 is 1.57. The zero-order valence-electron chi connectivity index (χ0n) is 14.7. The van der Waals surface area contributed by atoms with Gasteiger partial charge in [-0.15, -0.1) is 11.8 Å². The van der Waals surface area contributed by atoms with E-state index in [-0.39, 0.29) is 5.91 Å². The van der Waals surface area contributed by atoms with Crippen LogP contribution >= 0.6 is 11.8 Å². The number of hydrogen-bond acceptors (Lipinski definition) is 5. The number of aryl methyl sites for hydroxylation is 1. The molecule has 1 aliphatic rings. The Kier molecular flexibility index (Phi) is 6.02. The third-order valence-electron chi connectivity index (χ3n) is 4.25. The third-order valence-corrected chi connectivity index (χ3v) is 5.19. The average Bonchev–Trinajstić information content (AvgIpc) is 2.93. The van der Waals surface area contributed by atoms with Crippen molar-refractivity contribution in [2.24, 2.45) is 0 Å². The molecule has 1 aromatic heterocycles. The zero-order valence-corrected chi connectivity index (χ0v) is 15.5. The quantitative estimate of drug-likeness (QED) is 0.772. The standard InChI is InChI=1S/C19H24N2O3S/c1-3-23-16-9-7-14(8-10-16)19-21-17(13(2)24-19)11-25-12-18(22)20-15-5-4-6-15/h7-10,15H,3-6,11-12H2,1-2H3,(H,20,22). The number of oxazole rings is 1. The molecule has 5 nitrogen and oxygen atoms in total. The Morgan fingerprint density at radius 3 is 2.76 bits per heavy atom. The maximum absolute atomic E-state index is 11.8. The summed E-state index contributed by atoms with van der Waals surface area (Å²) < 4.78 is 11.2. The normalized spacial score (nSPS) is 14.2. The van der Waals surface area contributed by atoms with E-state index in [9.17, 15) is 4.79 Å². The summed E-state index contributed by atoms with van der Waals surface area (Å²) in [6.07, 6.45) is 3.46. The first-order valence-electron chi connectivity index (χ1n) is 8.72. The summed E-state index contributed by atoms with van der Waals surface area (Å²) in [6.45, 7) is 4.52. The van der Waals surface area contributed by atoms with Crippen LogP contribution in [0.2, 0.25) is 0 Å². The van der Waals surface area contributed by atoms with Gasteiger partial charge < -0.3 is 14.5 Å². The minimum atomic E-state index is 0.114. The van der Waals surface area contributed by atoms with Crippen molar-refractivity contribution in [3.05, 3.63) is 35.7 Å². The fraction of sp³-hybridized carbons (Fsp3) is 0.474. The van der Waals surface area contributed by atoms with Gasteiger partial charge in [-0.05, 0) is 57.4 Å². The average molecular weight is 360 g/mol. The van der Waals surface area contributed by atoms with E-state index in [1.807, 2.05) is 38.1 Å². The molecule has 134 valence electrons. The summed E-state index contributed by atoms with van der Waals surface area (Å²) in [5.41, 5.74) is 1.82. The van der Waals surface area contributed by atoms with E-state index in [1.54, 1.807) is 11.8 Å². The van der Waals surface area contributed by atoms with Crippen molar-refractivity contribution < 1.29 is 13.9 Å². The van der Waals surface area contributed by atoms with Crippen molar-refractivity contribution in [1.29, 1.82) is 0 Å². The van der Waals surface area contributed by atoms with Crippen molar-refractivity contribution in [1.82, 2.24) is 10.3 Å². The van der Waals surface area contributed by atoms with Crippen LogP contribution in [0.25, 0.3) is 11.5 Å². The third kappa shape index (κ3) is 4.78. The van der Waals surface area contributed by atoms with Crippen LogP contribution in [0.3, 0.4) is 0 Å². The Morgan fingerprint density at radius 1 is 1.36 bits per heavy atom. The summed E-state index contributed by atoms with van der Waals surface area (Å²) in [6, 6.07) is 8.11. The molecule has 6 heteroatoms. The highest BCUT2D eigenvalue weighted by molar-refractivity contribution is 7.99. The molecule has 1 aliphatic carbocycles. The molecule has 0 saturated heterocycles. The van der Waals surface area contributed by atoms with Crippen LogP contribution in [0, 0.1) is 6.92 Å². The number of aromatic nitrogens is 1. The van der Waals surface area contributed by atoms with E-state index in [0.29, 0.717) is 30.0 Å². The predicted molar refractivity (Wildman–Crippen MR) is 99.8 cm³/mol. The monoisotopic (exact) mass is 360 g/mol. The van der Waals surface area contributed by atoms with Crippen molar-refractivity contribution in [3.8, 4) is 17.2 Å². The van der Waals surface area contributed by atoms with Crippen LogP contribution in [0.15, 0.2) is 28.7 Å². The molecule has 0 radical (unpaired) electrons. The highest BCUT2D eigenvalue weighted by atomic mass is 32.2. The van der Waals surface area contributed by atoms with Crippen LogP contribution in [0.4, 0.5) is 0 Å². The maximum atomic E-state index is 11.8. The smallest absolute Gasteiger partial charge is 0.230 e. The topological polar surface area (TPSA) is 64.4 Å². The van der Waals surface area contributed by atoms with E-state index < -0.39 is 0 Å². The number of rotatable bonds is 8. The fourth-order valence-corrected chi connectivity index (χ4v) is 3.44. The molecule has 0 spiro atoms. The summed E-state index contributed by atoms with van der Waals surface area (Å²) in [7, 11) is 0. The van der Waals surface area contributed by atoms with Gasteiger partial charge in [-0.1, -0.05) is 0 Å². The van der Waals surface area contributed by atoms with Gasteiger partial charge in [0.1, 0.15) is 11.5 Å². The second kappa shape index (κ2) is 8.43. The van der Waals surface area contributed by atoms with Gasteiger partial charge in [0.05, 0.1) is 18.1 Å². The second-order valence-corrected chi connectivity index (χ2v) is 7.15. The lowest BCUT2D eigenvalue weighted by atomic mass is 9.93. The molecule has 0 atom stereocenters. The maximum Gasteiger partial charge on any atom is 0.230 e. The van der Waals surface area contributed by atoms with E-state index in [2.05, 4.69) is 10.3 Å². The molecule has 1 amide bonds. The molecular formula is C19H24N2O3S. The summed E-state index contributed by atoms with van der Waals surface area (Å²) in [5, 5.41) is 3.05. The number of nitrogens with one attached hydrogen (secondary N) is 1. The minimum Gasteiger partial charge on any atom is -0.494 e. The molecule has 1 fully saturated rings. The molecule has 1 saturated carbocycles. The lowest BCUT2D eigenvalue weighted by Crippen LogP contribution is -2.40. The van der Waals surface area contributed by atoms with Crippen molar-refractivity contribution >= 4 is 17.7 Å². The molecule has 1 heterocycles. The van der Waals surface area contributed by atoms with Gasteiger partial charge in [0.2, 0.25) is 11.8 Å². The fourth-order valence-electron chi connectivity index (χ4n) is 2.61. The lowest BCUT2D eigenvalue weighted by molar-refractivity contribution is -0.119. The molecule has 1 N–H and O–H groups in total. The first-order chi connectivity index (χ1) is 12.2.